The van der Waals surface area contributed by atoms with Gasteiger partial charge in [0.2, 0.25) is 0 Å². The first-order valence-corrected chi connectivity index (χ1v) is 7.01. The number of carbonyl (C=O) groups is 2. The van der Waals surface area contributed by atoms with Gasteiger partial charge in [-0.3, -0.25) is 9.59 Å². The Morgan fingerprint density at radius 1 is 1.22 bits per heavy atom. The number of benzene rings is 1. The van der Waals surface area contributed by atoms with Crippen LogP contribution in [0.4, 0.5) is 13.2 Å². The van der Waals surface area contributed by atoms with Gasteiger partial charge < -0.3 is 15.2 Å². The van der Waals surface area contributed by atoms with Gasteiger partial charge in [0.15, 0.2) is 0 Å². The van der Waals surface area contributed by atoms with Crippen LogP contribution in [0.15, 0.2) is 24.3 Å². The number of ether oxygens (including phenoxy) is 1. The Labute approximate surface area is 131 Å². The molecule has 0 aromatic heterocycles. The summed E-state index contributed by atoms with van der Waals surface area (Å²) in [5.41, 5.74) is -0.993. The third-order valence-electron chi connectivity index (χ3n) is 3.55. The molecule has 0 atom stereocenters. The van der Waals surface area contributed by atoms with E-state index < -0.39 is 29.5 Å². The number of nitrogens with one attached hydrogen (secondary N) is 1. The molecular weight excluding hydrogens is 315 g/mol. The molecule has 0 bridgehead atoms. The minimum absolute atomic E-state index is 0.0385. The van der Waals surface area contributed by atoms with Gasteiger partial charge in [-0.2, -0.15) is 0 Å². The summed E-state index contributed by atoms with van der Waals surface area (Å²) in [7, 11) is 0. The first-order valence-electron chi connectivity index (χ1n) is 7.01. The molecular formula is C15H18F3NO4. The molecule has 0 aliphatic rings. The third kappa shape index (κ3) is 5.80. The highest BCUT2D eigenvalue weighted by atomic mass is 19.4. The SMILES string of the molecule is CCC(CC)(CC(=O)O)NC(=O)c1cccc(OC(F)(F)F)c1. The largest absolute Gasteiger partial charge is 0.573 e. The molecule has 2 N–H and O–H groups in total. The molecule has 0 spiro atoms. The number of hydrogen-bond donors (Lipinski definition) is 2. The Kier molecular flexibility index (Phi) is 6.00. The van der Waals surface area contributed by atoms with Crippen LogP contribution in [0.1, 0.15) is 43.5 Å². The number of carbonyl (C=O) groups excluding carboxylic acids is 1. The molecule has 0 radical (unpaired) electrons. The van der Waals surface area contributed by atoms with Gasteiger partial charge in [-0.05, 0) is 31.0 Å². The zero-order chi connectivity index (χ0) is 17.7. The number of halogens is 3. The summed E-state index contributed by atoms with van der Waals surface area (Å²) in [4.78, 5) is 23.2. The molecule has 1 aromatic rings. The number of carboxylic acids is 1. The number of hydrogen-bond acceptors (Lipinski definition) is 3. The van der Waals surface area contributed by atoms with E-state index in [4.69, 9.17) is 5.11 Å². The summed E-state index contributed by atoms with van der Waals surface area (Å²) < 4.78 is 40.4. The maximum atomic E-state index is 12.2. The van der Waals surface area contributed by atoms with Gasteiger partial charge >= 0.3 is 12.3 Å². The van der Waals surface area contributed by atoms with E-state index in [2.05, 4.69) is 10.1 Å². The second kappa shape index (κ2) is 7.34. The predicted molar refractivity (Wildman–Crippen MR) is 76.2 cm³/mol. The van der Waals surface area contributed by atoms with Crippen LogP contribution in [0.3, 0.4) is 0 Å². The molecule has 0 unspecified atom stereocenters. The predicted octanol–water partition coefficient (Wildman–Crippen LogP) is 3.35. The first-order chi connectivity index (χ1) is 10.6. The molecule has 0 aliphatic carbocycles. The highest BCUT2D eigenvalue weighted by Crippen LogP contribution is 2.25. The monoisotopic (exact) mass is 333 g/mol. The van der Waals surface area contributed by atoms with Crippen molar-refractivity contribution >= 4 is 11.9 Å². The van der Waals surface area contributed by atoms with Gasteiger partial charge in [-0.25, -0.2) is 0 Å². The van der Waals surface area contributed by atoms with Crippen LogP contribution in [-0.2, 0) is 4.79 Å². The van der Waals surface area contributed by atoms with Crippen LogP contribution < -0.4 is 10.1 Å². The van der Waals surface area contributed by atoms with E-state index in [1.54, 1.807) is 13.8 Å². The molecule has 128 valence electrons. The van der Waals surface area contributed by atoms with Gasteiger partial charge in [0.1, 0.15) is 5.75 Å². The molecule has 23 heavy (non-hydrogen) atoms. The Balaban J connectivity index is 2.96. The van der Waals surface area contributed by atoms with Crippen LogP contribution in [0.25, 0.3) is 0 Å². The van der Waals surface area contributed by atoms with E-state index in [0.29, 0.717) is 12.8 Å². The summed E-state index contributed by atoms with van der Waals surface area (Å²) in [6, 6.07) is 4.62. The fourth-order valence-electron chi connectivity index (χ4n) is 2.16. The van der Waals surface area contributed by atoms with Crippen molar-refractivity contribution in [2.75, 3.05) is 0 Å². The van der Waals surface area contributed by atoms with E-state index in [1.807, 2.05) is 0 Å². The van der Waals surface area contributed by atoms with Crippen molar-refractivity contribution in [1.82, 2.24) is 5.32 Å². The Bertz CT molecular complexity index is 568. The fourth-order valence-corrected chi connectivity index (χ4v) is 2.16. The lowest BCUT2D eigenvalue weighted by molar-refractivity contribution is -0.274. The maximum Gasteiger partial charge on any atom is 0.573 e. The maximum absolute atomic E-state index is 12.2. The van der Waals surface area contributed by atoms with E-state index in [9.17, 15) is 22.8 Å². The van der Waals surface area contributed by atoms with E-state index in [-0.39, 0.29) is 12.0 Å². The van der Waals surface area contributed by atoms with Crippen LogP contribution in [0, 0.1) is 0 Å². The van der Waals surface area contributed by atoms with Gasteiger partial charge in [-0.15, -0.1) is 13.2 Å². The minimum atomic E-state index is -4.85. The van der Waals surface area contributed by atoms with Crippen molar-refractivity contribution < 1.29 is 32.6 Å². The Morgan fingerprint density at radius 2 is 1.83 bits per heavy atom. The highest BCUT2D eigenvalue weighted by Gasteiger charge is 2.33. The lowest BCUT2D eigenvalue weighted by Gasteiger charge is -2.31. The summed E-state index contributed by atoms with van der Waals surface area (Å²) in [5.74, 6) is -2.23. The number of carboxylic acid groups (broad SMARTS) is 1. The van der Waals surface area contributed by atoms with Crippen molar-refractivity contribution in [3.8, 4) is 5.75 Å². The minimum Gasteiger partial charge on any atom is -0.481 e. The van der Waals surface area contributed by atoms with Crippen molar-refractivity contribution in [3.05, 3.63) is 29.8 Å². The topological polar surface area (TPSA) is 75.6 Å². The third-order valence-corrected chi connectivity index (χ3v) is 3.55. The first kappa shape index (κ1) is 18.8. The molecule has 1 rings (SSSR count). The molecule has 1 aromatic carbocycles. The number of aliphatic carboxylic acids is 1. The van der Waals surface area contributed by atoms with E-state index in [0.717, 1.165) is 12.1 Å². The summed E-state index contributed by atoms with van der Waals surface area (Å²) >= 11 is 0. The second-order valence-electron chi connectivity index (χ2n) is 5.09. The lowest BCUT2D eigenvalue weighted by Crippen LogP contribution is -2.49. The molecule has 0 fully saturated rings. The van der Waals surface area contributed by atoms with Crippen LogP contribution in [-0.4, -0.2) is 28.9 Å². The van der Waals surface area contributed by atoms with Gasteiger partial charge in [0, 0.05) is 5.56 Å². The molecule has 0 saturated carbocycles. The standard InChI is InChI=1S/C15H18F3NO4/c1-3-14(4-2,9-12(20)21)19-13(22)10-6-5-7-11(8-10)23-15(16,17)18/h5-8H,3-4,9H2,1-2H3,(H,19,22)(H,20,21). The summed E-state index contributed by atoms with van der Waals surface area (Å²) in [5, 5.41) is 11.6. The van der Waals surface area contributed by atoms with E-state index in [1.165, 1.54) is 12.1 Å². The Hall–Kier alpha value is -2.25. The molecule has 1 amide bonds. The zero-order valence-corrected chi connectivity index (χ0v) is 12.7. The highest BCUT2D eigenvalue weighted by molar-refractivity contribution is 5.95. The van der Waals surface area contributed by atoms with Crippen molar-refractivity contribution in [2.24, 2.45) is 0 Å². The summed E-state index contributed by atoms with van der Waals surface area (Å²) in [6.07, 6.45) is -4.37. The average Bonchev–Trinajstić information content (AvgIpc) is 2.44. The molecule has 0 saturated heterocycles. The normalized spacial score (nSPS) is 11.9. The Morgan fingerprint density at radius 3 is 2.30 bits per heavy atom. The van der Waals surface area contributed by atoms with Crippen molar-refractivity contribution in [3.63, 3.8) is 0 Å². The summed E-state index contributed by atoms with van der Waals surface area (Å²) in [6.45, 7) is 3.46. The van der Waals surface area contributed by atoms with Crippen LogP contribution in [0.5, 0.6) is 5.75 Å². The van der Waals surface area contributed by atoms with E-state index >= 15 is 0 Å². The molecule has 5 nitrogen and oxygen atoms in total. The average molecular weight is 333 g/mol. The van der Waals surface area contributed by atoms with Crippen LogP contribution >= 0.6 is 0 Å². The molecule has 8 heteroatoms. The number of amides is 1. The zero-order valence-electron chi connectivity index (χ0n) is 12.7. The second-order valence-corrected chi connectivity index (χ2v) is 5.09. The smallest absolute Gasteiger partial charge is 0.481 e. The van der Waals surface area contributed by atoms with Gasteiger partial charge in [0.05, 0.1) is 12.0 Å². The lowest BCUT2D eigenvalue weighted by atomic mass is 9.88. The van der Waals surface area contributed by atoms with Gasteiger partial charge in [0.25, 0.3) is 5.91 Å². The molecule has 0 heterocycles. The number of alkyl halides is 3. The van der Waals surface area contributed by atoms with Crippen molar-refractivity contribution in [1.29, 1.82) is 0 Å². The van der Waals surface area contributed by atoms with Crippen LogP contribution in [0.2, 0.25) is 0 Å². The number of rotatable bonds is 7. The quantitative estimate of drug-likeness (QED) is 0.802. The fraction of sp³-hybridized carbons (Fsp3) is 0.467. The molecule has 0 aliphatic heterocycles. The van der Waals surface area contributed by atoms with Gasteiger partial charge in [-0.1, -0.05) is 19.9 Å². The van der Waals surface area contributed by atoms with Crippen molar-refractivity contribution in [2.45, 2.75) is 45.0 Å².